The van der Waals surface area contributed by atoms with E-state index in [0.29, 0.717) is 22.5 Å². The number of rotatable bonds is 5. The van der Waals surface area contributed by atoms with Gasteiger partial charge in [-0.1, -0.05) is 29.3 Å². The van der Waals surface area contributed by atoms with Crippen molar-refractivity contribution in [1.29, 1.82) is 0 Å². The van der Waals surface area contributed by atoms with Crippen molar-refractivity contribution in [3.63, 3.8) is 0 Å². The first-order valence-electron chi connectivity index (χ1n) is 13.0. The standard InChI is InChI=1S/C26H31Cl2FN6O3/c1-14(21-18(27)9-31-24(29)22(21)28)38-16-4-5-19-17(7-16)23(33-32-19)15-3-6-20(30-8-15)34-10-26(11-34)12-35(13-26)25(36)37-2/h3,6,8-9,14,16-17,19,23,32-33H,4-5,7,10-13H2,1-2H3/t14-,16?,17?,19?,23?/m0/s1. The topological polar surface area (TPSA) is 91.9 Å². The summed E-state index contributed by atoms with van der Waals surface area (Å²) in [5.74, 6) is 0.533. The number of amides is 1. The fraction of sp³-hybridized carbons (Fsp3) is 0.577. The lowest BCUT2D eigenvalue weighted by Gasteiger charge is -2.59. The number of aromatic nitrogens is 2. The lowest BCUT2D eigenvalue weighted by Crippen LogP contribution is -2.73. The minimum Gasteiger partial charge on any atom is -0.453 e. The van der Waals surface area contributed by atoms with E-state index in [-0.39, 0.29) is 28.7 Å². The van der Waals surface area contributed by atoms with Crippen molar-refractivity contribution in [1.82, 2.24) is 25.7 Å². The highest BCUT2D eigenvalue weighted by Crippen LogP contribution is 2.43. The van der Waals surface area contributed by atoms with Crippen molar-refractivity contribution < 1.29 is 18.7 Å². The number of anilines is 1. The SMILES string of the molecule is COC(=O)N1CC2(C1)CN(c1ccc(C3NNC4CCC(O[C@@H](C)c5c(Cl)cnc(F)c5Cl)CC43)cn1)C2. The van der Waals surface area contributed by atoms with Crippen LogP contribution in [0.25, 0.3) is 0 Å². The highest BCUT2D eigenvalue weighted by atomic mass is 35.5. The van der Waals surface area contributed by atoms with Crippen LogP contribution in [0.2, 0.25) is 10.0 Å². The minimum atomic E-state index is -0.741. The van der Waals surface area contributed by atoms with E-state index in [9.17, 15) is 9.18 Å². The van der Waals surface area contributed by atoms with Gasteiger partial charge in [0, 0.05) is 55.6 Å². The molecule has 4 aliphatic rings. The summed E-state index contributed by atoms with van der Waals surface area (Å²) in [6.07, 6.45) is 5.21. The van der Waals surface area contributed by atoms with Crippen LogP contribution < -0.4 is 15.8 Å². The Morgan fingerprint density at radius 3 is 2.66 bits per heavy atom. The summed E-state index contributed by atoms with van der Waals surface area (Å²) in [6, 6.07) is 4.67. The maximum absolute atomic E-state index is 13.9. The second-order valence-electron chi connectivity index (χ2n) is 11.0. The maximum Gasteiger partial charge on any atom is 0.409 e. The molecule has 6 rings (SSSR count). The van der Waals surface area contributed by atoms with Gasteiger partial charge in [-0.15, -0.1) is 0 Å². The molecule has 1 saturated carbocycles. The first-order valence-corrected chi connectivity index (χ1v) is 13.7. The molecule has 4 unspecified atom stereocenters. The Hall–Kier alpha value is -2.24. The number of ether oxygens (including phenoxy) is 2. The average Bonchev–Trinajstić information content (AvgIpc) is 3.28. The lowest BCUT2D eigenvalue weighted by atomic mass is 9.73. The normalized spacial score (nSPS) is 28.4. The molecule has 3 saturated heterocycles. The van der Waals surface area contributed by atoms with Gasteiger partial charge in [-0.3, -0.25) is 5.43 Å². The van der Waals surface area contributed by atoms with E-state index in [1.807, 2.05) is 13.1 Å². The van der Waals surface area contributed by atoms with Crippen LogP contribution in [0.4, 0.5) is 15.0 Å². The van der Waals surface area contributed by atoms with E-state index in [2.05, 4.69) is 32.9 Å². The van der Waals surface area contributed by atoms with Gasteiger partial charge in [0.05, 0.1) is 30.4 Å². The molecule has 2 aromatic heterocycles. The van der Waals surface area contributed by atoms with E-state index in [4.69, 9.17) is 37.7 Å². The van der Waals surface area contributed by atoms with Gasteiger partial charge in [-0.2, -0.15) is 4.39 Å². The molecule has 3 aliphatic heterocycles. The van der Waals surface area contributed by atoms with Crippen molar-refractivity contribution in [2.75, 3.05) is 38.2 Å². The van der Waals surface area contributed by atoms with Gasteiger partial charge in [0.2, 0.25) is 5.95 Å². The molecule has 1 aliphatic carbocycles. The molecule has 0 aromatic carbocycles. The van der Waals surface area contributed by atoms with E-state index in [0.717, 1.165) is 56.8 Å². The third-order valence-electron chi connectivity index (χ3n) is 8.46. The molecule has 1 spiro atoms. The number of methoxy groups -OCH3 is 1. The minimum absolute atomic E-state index is 0.00430. The van der Waals surface area contributed by atoms with E-state index >= 15 is 0 Å². The van der Waals surface area contributed by atoms with Gasteiger partial charge in [0.1, 0.15) is 10.8 Å². The summed E-state index contributed by atoms with van der Waals surface area (Å²) < 4.78 is 25.1. The number of likely N-dealkylation sites (tertiary alicyclic amines) is 1. The number of nitrogens with zero attached hydrogens (tertiary/aromatic N) is 4. The molecule has 1 amide bonds. The number of hydrazine groups is 1. The summed E-state index contributed by atoms with van der Waals surface area (Å²) in [7, 11) is 1.42. The molecule has 12 heteroatoms. The Balaban J connectivity index is 1.06. The number of hydrogen-bond donors (Lipinski definition) is 2. The Bertz CT molecular complexity index is 1210. The van der Waals surface area contributed by atoms with Gasteiger partial charge < -0.3 is 19.3 Å². The molecule has 2 N–H and O–H groups in total. The predicted octanol–water partition coefficient (Wildman–Crippen LogP) is 4.27. The van der Waals surface area contributed by atoms with Crippen LogP contribution in [0.15, 0.2) is 24.5 Å². The number of halogens is 3. The number of pyridine rings is 2. The molecule has 204 valence electrons. The van der Waals surface area contributed by atoms with Crippen LogP contribution in [-0.2, 0) is 9.47 Å². The van der Waals surface area contributed by atoms with Gasteiger partial charge in [-0.05, 0) is 43.7 Å². The van der Waals surface area contributed by atoms with E-state index < -0.39 is 12.1 Å². The average molecular weight is 565 g/mol. The van der Waals surface area contributed by atoms with Gasteiger partial charge in [-0.25, -0.2) is 20.2 Å². The molecule has 9 nitrogen and oxygen atoms in total. The molecule has 5 atom stereocenters. The summed E-state index contributed by atoms with van der Waals surface area (Å²) >= 11 is 12.4. The Labute approximate surface area is 230 Å². The van der Waals surface area contributed by atoms with Crippen molar-refractivity contribution in [2.24, 2.45) is 11.3 Å². The number of fused-ring (bicyclic) bond motifs is 1. The molecule has 4 fully saturated rings. The fourth-order valence-electron chi connectivity index (χ4n) is 6.57. The van der Waals surface area contributed by atoms with Crippen LogP contribution in [0.5, 0.6) is 0 Å². The lowest BCUT2D eigenvalue weighted by molar-refractivity contribution is -0.0371. The predicted molar refractivity (Wildman–Crippen MR) is 141 cm³/mol. The molecule has 2 aromatic rings. The zero-order valence-electron chi connectivity index (χ0n) is 21.3. The first-order chi connectivity index (χ1) is 18.3. The molecule has 5 heterocycles. The Morgan fingerprint density at radius 1 is 1.16 bits per heavy atom. The van der Waals surface area contributed by atoms with E-state index in [1.54, 1.807) is 4.90 Å². The van der Waals surface area contributed by atoms with Crippen LogP contribution in [0.3, 0.4) is 0 Å². The number of nitrogens with one attached hydrogen (secondary N) is 2. The van der Waals surface area contributed by atoms with Crippen LogP contribution in [0, 0.1) is 17.3 Å². The number of carbonyl (C=O) groups excluding carboxylic acids is 1. The molecular formula is C26H31Cl2FN6O3. The van der Waals surface area contributed by atoms with Crippen LogP contribution in [0.1, 0.15) is 49.5 Å². The second-order valence-corrected chi connectivity index (χ2v) is 11.8. The second kappa shape index (κ2) is 10.1. The largest absolute Gasteiger partial charge is 0.453 e. The summed E-state index contributed by atoms with van der Waals surface area (Å²) in [5, 5.41) is 0.218. The van der Waals surface area contributed by atoms with Crippen molar-refractivity contribution in [2.45, 2.75) is 50.5 Å². The maximum atomic E-state index is 13.9. The smallest absolute Gasteiger partial charge is 0.409 e. The van der Waals surface area contributed by atoms with Crippen molar-refractivity contribution in [3.05, 3.63) is 51.6 Å². The zero-order valence-corrected chi connectivity index (χ0v) is 22.8. The summed E-state index contributed by atoms with van der Waals surface area (Å²) in [4.78, 5) is 24.0. The third-order valence-corrected chi connectivity index (χ3v) is 9.13. The molecule has 0 radical (unpaired) electrons. The Morgan fingerprint density at radius 2 is 1.95 bits per heavy atom. The summed E-state index contributed by atoms with van der Waals surface area (Å²) in [6.45, 7) is 5.12. The quantitative estimate of drug-likeness (QED) is 0.520. The van der Waals surface area contributed by atoms with Crippen LogP contribution >= 0.6 is 23.2 Å². The van der Waals surface area contributed by atoms with Crippen LogP contribution in [-0.4, -0.2) is 66.4 Å². The zero-order chi connectivity index (χ0) is 26.6. The third kappa shape index (κ3) is 4.60. The van der Waals surface area contributed by atoms with Gasteiger partial charge in [0.15, 0.2) is 0 Å². The molecule has 0 bridgehead atoms. The first kappa shape index (κ1) is 26.0. The van der Waals surface area contributed by atoms with Gasteiger partial charge >= 0.3 is 6.09 Å². The highest BCUT2D eigenvalue weighted by Gasteiger charge is 2.54. The summed E-state index contributed by atoms with van der Waals surface area (Å²) in [5.41, 5.74) is 8.66. The number of carbonyl (C=O) groups is 1. The van der Waals surface area contributed by atoms with Crippen molar-refractivity contribution >= 4 is 35.1 Å². The Kier molecular flexibility index (Phi) is 6.88. The molecular weight excluding hydrogens is 534 g/mol. The van der Waals surface area contributed by atoms with Crippen molar-refractivity contribution in [3.8, 4) is 0 Å². The fourth-order valence-corrected chi connectivity index (χ4v) is 7.22. The van der Waals surface area contributed by atoms with E-state index in [1.165, 1.54) is 13.3 Å². The molecule has 38 heavy (non-hydrogen) atoms. The monoisotopic (exact) mass is 564 g/mol. The highest BCUT2D eigenvalue weighted by molar-refractivity contribution is 6.35. The number of hydrogen-bond acceptors (Lipinski definition) is 8. The van der Waals surface area contributed by atoms with Gasteiger partial charge in [0.25, 0.3) is 0 Å².